The molecule has 226 valence electrons. The number of rotatable bonds is 3. The average Bonchev–Trinajstić information content (AvgIpc) is 3.77. The van der Waals surface area contributed by atoms with Crippen LogP contribution in [-0.2, 0) is 26.2 Å². The Morgan fingerprint density at radius 1 is 0.543 bits per heavy atom. The Hall–Kier alpha value is -4.06. The second-order valence-corrected chi connectivity index (χ2v) is 12.0. The fourth-order valence-corrected chi connectivity index (χ4v) is 6.26. The van der Waals surface area contributed by atoms with E-state index in [0.717, 1.165) is 0 Å². The summed E-state index contributed by atoms with van der Waals surface area (Å²) in [6, 6.07) is 51.7. The first kappa shape index (κ1) is 34.8. The minimum absolute atomic E-state index is 0. The second kappa shape index (κ2) is 16.0. The summed E-state index contributed by atoms with van der Waals surface area (Å²) in [5.74, 6) is 2.03. The number of allylic oxidation sites excluding steroid dienone is 1. The molecule has 0 radical (unpaired) electrons. The summed E-state index contributed by atoms with van der Waals surface area (Å²) in [5.41, 5.74) is 10.7. The van der Waals surface area contributed by atoms with Crippen LogP contribution < -0.4 is 0 Å². The van der Waals surface area contributed by atoms with Crippen molar-refractivity contribution >= 4 is 27.6 Å². The molecular formula is C45H42Zr. The van der Waals surface area contributed by atoms with Gasteiger partial charge in [-0.15, -0.1) is 81.1 Å². The van der Waals surface area contributed by atoms with Crippen LogP contribution in [0, 0.1) is 27.2 Å². The van der Waals surface area contributed by atoms with Crippen molar-refractivity contribution in [3.63, 3.8) is 0 Å². The van der Waals surface area contributed by atoms with Gasteiger partial charge >= 0.3 is 26.2 Å². The average molecular weight is 674 g/mol. The number of benzene rings is 5. The summed E-state index contributed by atoms with van der Waals surface area (Å²) in [4.78, 5) is 0. The van der Waals surface area contributed by atoms with Crippen molar-refractivity contribution in [2.75, 3.05) is 0 Å². The predicted molar refractivity (Wildman–Crippen MR) is 199 cm³/mol. The second-order valence-electron chi connectivity index (χ2n) is 12.0. The molecule has 46 heavy (non-hydrogen) atoms. The quantitative estimate of drug-likeness (QED) is 0.164. The standard InChI is InChI=1S/2C16H13.C12H13.CH3.Zr/c2*1-12-10-14-8-5-9-15(16(14)11-12)13-6-3-2-4-7-13;1-9(2)11-8-7-10-5-3-4-6-12(10)11;;/h2*2-11H,1H3;3-8,11H,1-2H3;1H3;/q4*-1;+4. The number of fused-ring (bicyclic) bond motifs is 3. The van der Waals surface area contributed by atoms with Gasteiger partial charge in [0.1, 0.15) is 0 Å². The molecule has 8 rings (SSSR count). The first-order valence-corrected chi connectivity index (χ1v) is 15.5. The molecule has 0 amide bonds. The van der Waals surface area contributed by atoms with Crippen LogP contribution in [0.1, 0.15) is 42.0 Å². The van der Waals surface area contributed by atoms with Gasteiger partial charge in [0.2, 0.25) is 0 Å². The van der Waals surface area contributed by atoms with E-state index in [9.17, 15) is 0 Å². The Bertz CT molecular complexity index is 1890. The van der Waals surface area contributed by atoms with Crippen LogP contribution in [0.25, 0.3) is 49.9 Å². The van der Waals surface area contributed by atoms with Gasteiger partial charge in [-0.25, -0.2) is 0 Å². The van der Waals surface area contributed by atoms with E-state index < -0.39 is 0 Å². The normalized spacial score (nSPS) is 12.8. The fourth-order valence-electron chi connectivity index (χ4n) is 6.26. The minimum Gasteiger partial charge on any atom is -0.358 e. The fraction of sp³-hybridized carbons (Fsp3) is 0.111. The van der Waals surface area contributed by atoms with E-state index in [1.807, 2.05) is 0 Å². The van der Waals surface area contributed by atoms with Crippen LogP contribution in [0.15, 0.2) is 152 Å². The molecule has 0 spiro atoms. The van der Waals surface area contributed by atoms with Crippen molar-refractivity contribution in [3.8, 4) is 22.3 Å². The Balaban J connectivity index is 0.000000155. The molecule has 0 aliphatic heterocycles. The maximum Gasteiger partial charge on any atom is 4.00 e. The van der Waals surface area contributed by atoms with Gasteiger partial charge in [-0.1, -0.05) is 134 Å². The van der Waals surface area contributed by atoms with E-state index in [1.54, 1.807) is 0 Å². The van der Waals surface area contributed by atoms with Crippen molar-refractivity contribution in [1.82, 2.24) is 0 Å². The van der Waals surface area contributed by atoms with Gasteiger partial charge in [0.25, 0.3) is 0 Å². The van der Waals surface area contributed by atoms with Crippen molar-refractivity contribution < 1.29 is 26.2 Å². The Morgan fingerprint density at radius 2 is 1.00 bits per heavy atom. The van der Waals surface area contributed by atoms with E-state index in [1.165, 1.54) is 72.0 Å². The zero-order chi connectivity index (χ0) is 30.5. The molecule has 0 saturated carbocycles. The molecule has 7 aromatic rings. The SMILES string of the molecule is C[C-](C)C1C=Cc2ccccc21.Cc1cc2c(-c3ccccc3)cccc2[cH-]1.Cc1cc2c(-c3ccccc3)cccc2[cH-]1.[CH3-].[Zr+4]. The molecule has 0 fully saturated rings. The van der Waals surface area contributed by atoms with Gasteiger partial charge in [-0.2, -0.15) is 26.0 Å². The Kier molecular flexibility index (Phi) is 12.1. The third-order valence-corrected chi connectivity index (χ3v) is 8.38. The zero-order valence-electron chi connectivity index (χ0n) is 27.6. The summed E-state index contributed by atoms with van der Waals surface area (Å²) >= 11 is 0. The van der Waals surface area contributed by atoms with Crippen LogP contribution >= 0.6 is 0 Å². The molecule has 0 nitrogen and oxygen atoms in total. The molecule has 1 aliphatic rings. The minimum atomic E-state index is 0. The van der Waals surface area contributed by atoms with E-state index in [-0.39, 0.29) is 33.6 Å². The monoisotopic (exact) mass is 672 g/mol. The summed E-state index contributed by atoms with van der Waals surface area (Å²) < 4.78 is 0. The van der Waals surface area contributed by atoms with E-state index >= 15 is 0 Å². The molecule has 0 aromatic heterocycles. The molecule has 0 saturated heterocycles. The molecule has 1 aliphatic carbocycles. The predicted octanol–water partition coefficient (Wildman–Crippen LogP) is 12.9. The smallest absolute Gasteiger partial charge is 0.358 e. The van der Waals surface area contributed by atoms with E-state index in [2.05, 4.69) is 185 Å². The number of hydrogen-bond donors (Lipinski definition) is 0. The van der Waals surface area contributed by atoms with Crippen molar-refractivity contribution in [2.45, 2.75) is 33.6 Å². The molecule has 0 bridgehead atoms. The largest absolute Gasteiger partial charge is 4.00 e. The maximum absolute atomic E-state index is 2.28. The summed E-state index contributed by atoms with van der Waals surface area (Å²) in [6.07, 6.45) is 4.49. The molecular weight excluding hydrogens is 632 g/mol. The molecule has 7 aromatic carbocycles. The van der Waals surface area contributed by atoms with Crippen LogP contribution in [-0.4, -0.2) is 0 Å². The zero-order valence-corrected chi connectivity index (χ0v) is 30.0. The first-order valence-electron chi connectivity index (χ1n) is 15.5. The Morgan fingerprint density at radius 3 is 1.48 bits per heavy atom. The van der Waals surface area contributed by atoms with Crippen molar-refractivity contribution in [1.29, 1.82) is 0 Å². The van der Waals surface area contributed by atoms with E-state index in [0.29, 0.717) is 5.92 Å². The summed E-state index contributed by atoms with van der Waals surface area (Å²) in [5, 5.41) is 5.37. The molecule has 1 atom stereocenters. The van der Waals surface area contributed by atoms with Gasteiger partial charge in [0.15, 0.2) is 0 Å². The topological polar surface area (TPSA) is 0 Å². The van der Waals surface area contributed by atoms with Crippen LogP contribution in [0.4, 0.5) is 0 Å². The maximum atomic E-state index is 2.28. The van der Waals surface area contributed by atoms with Gasteiger partial charge < -0.3 is 13.3 Å². The van der Waals surface area contributed by atoms with Crippen molar-refractivity contribution in [2.24, 2.45) is 0 Å². The summed E-state index contributed by atoms with van der Waals surface area (Å²) in [6.45, 7) is 8.68. The van der Waals surface area contributed by atoms with Crippen LogP contribution in [0.3, 0.4) is 0 Å². The molecule has 1 unspecified atom stereocenters. The van der Waals surface area contributed by atoms with Gasteiger partial charge in [-0.3, -0.25) is 0 Å². The molecule has 1 heteroatoms. The molecule has 0 N–H and O–H groups in total. The molecule has 0 heterocycles. The third-order valence-electron chi connectivity index (χ3n) is 8.38. The summed E-state index contributed by atoms with van der Waals surface area (Å²) in [7, 11) is 0. The van der Waals surface area contributed by atoms with Crippen LogP contribution in [0.5, 0.6) is 0 Å². The van der Waals surface area contributed by atoms with Gasteiger partial charge in [-0.05, 0) is 16.7 Å². The third kappa shape index (κ3) is 7.83. The van der Waals surface area contributed by atoms with Crippen LogP contribution in [0.2, 0.25) is 0 Å². The van der Waals surface area contributed by atoms with Gasteiger partial charge in [0, 0.05) is 0 Å². The number of aryl methyl sites for hydroxylation is 2. The van der Waals surface area contributed by atoms with Gasteiger partial charge in [0.05, 0.1) is 0 Å². The van der Waals surface area contributed by atoms with Crippen molar-refractivity contribution in [3.05, 3.63) is 187 Å². The van der Waals surface area contributed by atoms with E-state index in [4.69, 9.17) is 0 Å². The number of hydrogen-bond acceptors (Lipinski definition) is 0. The first-order chi connectivity index (χ1) is 21.5. The Labute approximate surface area is 295 Å².